The molecule has 4 rings (SSSR count). The maximum atomic E-state index is 12.6. The molecule has 3 aromatic rings. The number of nitrogens with zero attached hydrogens (tertiary/aromatic N) is 5. The number of hydrogen-bond donors (Lipinski definition) is 1. The quantitative estimate of drug-likeness (QED) is 0.691. The molecular weight excluding hydrogens is 392 g/mol. The average Bonchev–Trinajstić information content (AvgIpc) is 3.17. The minimum Gasteiger partial charge on any atom is -0.298 e. The summed E-state index contributed by atoms with van der Waals surface area (Å²) in [4.78, 5) is 48.1. The molecule has 4 heterocycles. The second-order valence-corrected chi connectivity index (χ2v) is 8.09. The maximum Gasteiger partial charge on any atom is 0.332 e. The Bertz CT molecular complexity index is 1190. The van der Waals surface area contributed by atoms with E-state index in [-0.39, 0.29) is 16.6 Å². The van der Waals surface area contributed by atoms with E-state index >= 15 is 0 Å². The fourth-order valence-electron chi connectivity index (χ4n) is 3.54. The number of rotatable bonds is 4. The number of fused-ring (bicyclic) bond motifs is 1. The van der Waals surface area contributed by atoms with E-state index in [0.717, 1.165) is 29.9 Å². The Morgan fingerprint density at radius 2 is 1.93 bits per heavy atom. The monoisotopic (exact) mass is 414 g/mol. The smallest absolute Gasteiger partial charge is 0.298 e. The minimum absolute atomic E-state index is 0.215. The molecule has 3 aromatic heterocycles. The number of piperidine rings is 1. The highest BCUT2D eigenvalue weighted by Gasteiger charge is 2.16. The summed E-state index contributed by atoms with van der Waals surface area (Å²) in [5.74, 6) is -0.394. The van der Waals surface area contributed by atoms with Gasteiger partial charge >= 0.3 is 5.69 Å². The van der Waals surface area contributed by atoms with Crippen molar-refractivity contribution < 1.29 is 4.79 Å². The van der Waals surface area contributed by atoms with Crippen LogP contribution in [0.1, 0.15) is 35.3 Å². The first kappa shape index (κ1) is 19.5. The molecule has 0 radical (unpaired) electrons. The topological polar surface area (TPSA) is 102 Å². The third-order valence-corrected chi connectivity index (χ3v) is 5.97. The van der Waals surface area contributed by atoms with Crippen molar-refractivity contribution in [2.75, 3.05) is 18.4 Å². The Morgan fingerprint density at radius 1 is 1.17 bits per heavy atom. The van der Waals surface area contributed by atoms with E-state index in [0.29, 0.717) is 5.13 Å². The number of hydrogen-bond acceptors (Lipinski definition) is 7. The van der Waals surface area contributed by atoms with Crippen molar-refractivity contribution >= 4 is 33.4 Å². The van der Waals surface area contributed by atoms with Crippen LogP contribution < -0.4 is 16.6 Å². The van der Waals surface area contributed by atoms with Gasteiger partial charge in [-0.1, -0.05) is 6.42 Å². The van der Waals surface area contributed by atoms with Crippen LogP contribution in [0.4, 0.5) is 5.13 Å². The molecular formula is C19H22N6O3S. The summed E-state index contributed by atoms with van der Waals surface area (Å²) in [5, 5.41) is 5.45. The van der Waals surface area contributed by atoms with Gasteiger partial charge in [-0.25, -0.2) is 14.8 Å². The van der Waals surface area contributed by atoms with Crippen molar-refractivity contribution in [3.63, 3.8) is 0 Å². The van der Waals surface area contributed by atoms with E-state index < -0.39 is 17.2 Å². The van der Waals surface area contributed by atoms with Gasteiger partial charge in [0.2, 0.25) is 0 Å². The molecule has 0 aliphatic carbocycles. The highest BCUT2D eigenvalue weighted by Crippen LogP contribution is 2.20. The fourth-order valence-corrected chi connectivity index (χ4v) is 4.24. The van der Waals surface area contributed by atoms with Crippen LogP contribution in [0.2, 0.25) is 0 Å². The van der Waals surface area contributed by atoms with Crippen LogP contribution in [0.5, 0.6) is 0 Å². The largest absolute Gasteiger partial charge is 0.332 e. The van der Waals surface area contributed by atoms with Gasteiger partial charge in [-0.15, -0.1) is 11.3 Å². The van der Waals surface area contributed by atoms with Gasteiger partial charge in [0.05, 0.1) is 16.6 Å². The van der Waals surface area contributed by atoms with E-state index in [1.807, 2.05) is 5.38 Å². The Labute approximate surface area is 170 Å². The Hall–Kier alpha value is -2.85. The van der Waals surface area contributed by atoms with Crippen LogP contribution in [0.3, 0.4) is 0 Å². The van der Waals surface area contributed by atoms with Crippen molar-refractivity contribution in [2.24, 2.45) is 14.1 Å². The van der Waals surface area contributed by atoms with Crippen molar-refractivity contribution in [1.82, 2.24) is 24.0 Å². The van der Waals surface area contributed by atoms with Gasteiger partial charge in [-0.05, 0) is 32.0 Å². The number of anilines is 1. The zero-order chi connectivity index (χ0) is 20.5. The summed E-state index contributed by atoms with van der Waals surface area (Å²) in [6, 6.07) is 1.46. The number of carbonyl (C=O) groups excluding carboxylic acids is 1. The fraction of sp³-hybridized carbons (Fsp3) is 0.421. The zero-order valence-electron chi connectivity index (χ0n) is 16.3. The van der Waals surface area contributed by atoms with Gasteiger partial charge in [-0.3, -0.25) is 28.9 Å². The molecule has 0 saturated carbocycles. The summed E-state index contributed by atoms with van der Waals surface area (Å²) in [6.07, 6.45) is 5.08. The highest BCUT2D eigenvalue weighted by atomic mass is 32.1. The molecule has 1 saturated heterocycles. The molecule has 0 atom stereocenters. The number of carbonyl (C=O) groups is 1. The van der Waals surface area contributed by atoms with Gasteiger partial charge in [0.15, 0.2) is 5.13 Å². The van der Waals surface area contributed by atoms with Gasteiger partial charge < -0.3 is 0 Å². The molecule has 0 unspecified atom stereocenters. The van der Waals surface area contributed by atoms with Crippen LogP contribution in [0.15, 0.2) is 27.2 Å². The molecule has 0 spiro atoms. The van der Waals surface area contributed by atoms with Gasteiger partial charge in [0.25, 0.3) is 11.5 Å². The van der Waals surface area contributed by atoms with E-state index in [1.165, 1.54) is 61.5 Å². The summed E-state index contributed by atoms with van der Waals surface area (Å²) < 4.78 is 2.28. The van der Waals surface area contributed by atoms with Crippen LogP contribution in [0.25, 0.3) is 11.0 Å². The number of aromatic nitrogens is 4. The molecule has 0 bridgehead atoms. The van der Waals surface area contributed by atoms with Crippen LogP contribution in [-0.2, 0) is 20.6 Å². The first-order valence-electron chi connectivity index (χ1n) is 9.48. The third kappa shape index (κ3) is 3.85. The molecule has 1 fully saturated rings. The SMILES string of the molecule is Cn1c(=O)c2cc(C(=O)Nc3nc(CN4CCCCC4)cs3)cnc2n(C)c1=O. The zero-order valence-corrected chi connectivity index (χ0v) is 17.2. The second kappa shape index (κ2) is 7.88. The molecule has 9 nitrogen and oxygen atoms in total. The minimum atomic E-state index is -0.483. The summed E-state index contributed by atoms with van der Waals surface area (Å²) in [7, 11) is 2.94. The first-order chi connectivity index (χ1) is 13.9. The van der Waals surface area contributed by atoms with Gasteiger partial charge in [0, 0.05) is 32.2 Å². The van der Waals surface area contributed by atoms with Crippen molar-refractivity contribution in [1.29, 1.82) is 0 Å². The predicted molar refractivity (Wildman–Crippen MR) is 111 cm³/mol. The molecule has 1 amide bonds. The molecule has 152 valence electrons. The lowest BCUT2D eigenvalue weighted by Crippen LogP contribution is -2.37. The van der Waals surface area contributed by atoms with Crippen molar-refractivity contribution in [2.45, 2.75) is 25.8 Å². The van der Waals surface area contributed by atoms with E-state index in [2.05, 4.69) is 20.2 Å². The van der Waals surface area contributed by atoms with E-state index in [1.54, 1.807) is 0 Å². The van der Waals surface area contributed by atoms with Gasteiger partial charge in [-0.2, -0.15) is 0 Å². The standard InChI is InChI=1S/C19H22N6O3S/c1-23-15-14(17(27)24(2)19(23)28)8-12(9-20-15)16(26)22-18-21-13(11-29-18)10-25-6-4-3-5-7-25/h8-9,11H,3-7,10H2,1-2H3,(H,21,22,26). The predicted octanol–water partition coefficient (Wildman–Crippen LogP) is 1.33. The van der Waals surface area contributed by atoms with Crippen LogP contribution in [-0.4, -0.2) is 43.0 Å². The lowest BCUT2D eigenvalue weighted by atomic mass is 10.1. The van der Waals surface area contributed by atoms with Gasteiger partial charge in [0.1, 0.15) is 5.65 Å². The summed E-state index contributed by atoms with van der Waals surface area (Å²) in [5.41, 5.74) is 0.473. The first-order valence-corrected chi connectivity index (χ1v) is 10.4. The van der Waals surface area contributed by atoms with E-state index in [9.17, 15) is 14.4 Å². The third-order valence-electron chi connectivity index (χ3n) is 5.16. The summed E-state index contributed by atoms with van der Waals surface area (Å²) >= 11 is 1.37. The number of thiazole rings is 1. The number of amides is 1. The molecule has 1 aliphatic heterocycles. The number of likely N-dealkylation sites (tertiary alicyclic amines) is 1. The lowest BCUT2D eigenvalue weighted by Gasteiger charge is -2.25. The van der Waals surface area contributed by atoms with Crippen LogP contribution in [0, 0.1) is 0 Å². The van der Waals surface area contributed by atoms with Crippen LogP contribution >= 0.6 is 11.3 Å². The second-order valence-electron chi connectivity index (χ2n) is 7.24. The molecule has 29 heavy (non-hydrogen) atoms. The average molecular weight is 414 g/mol. The normalized spacial score (nSPS) is 15.0. The maximum absolute atomic E-state index is 12.6. The van der Waals surface area contributed by atoms with E-state index in [4.69, 9.17) is 0 Å². The highest BCUT2D eigenvalue weighted by molar-refractivity contribution is 7.14. The lowest BCUT2D eigenvalue weighted by molar-refractivity contribution is 0.102. The molecule has 10 heteroatoms. The van der Waals surface area contributed by atoms with Crippen molar-refractivity contribution in [3.8, 4) is 0 Å². The number of aryl methyl sites for hydroxylation is 1. The molecule has 1 aliphatic rings. The summed E-state index contributed by atoms with van der Waals surface area (Å²) in [6.45, 7) is 2.95. The Morgan fingerprint density at radius 3 is 2.69 bits per heavy atom. The number of nitrogens with one attached hydrogen (secondary N) is 1. The molecule has 0 aromatic carbocycles. The Balaban J connectivity index is 1.53. The number of pyridine rings is 1. The molecule has 1 N–H and O–H groups in total. The Kier molecular flexibility index (Phi) is 5.29. The van der Waals surface area contributed by atoms with Crippen molar-refractivity contribution in [3.05, 3.63) is 49.7 Å².